The third-order valence-corrected chi connectivity index (χ3v) is 1.47. The van der Waals surface area contributed by atoms with E-state index in [0.717, 1.165) is 19.4 Å². The number of hydrogen-bond acceptors (Lipinski definition) is 1. The van der Waals surface area contributed by atoms with E-state index in [9.17, 15) is 4.79 Å². The highest BCUT2D eigenvalue weighted by molar-refractivity contribution is 6.08. The van der Waals surface area contributed by atoms with Crippen LogP contribution in [0.1, 0.15) is 6.42 Å². The number of carbonyl (C=O) groups excluding carboxylic acids is 1. The van der Waals surface area contributed by atoms with Gasteiger partial charge in [-0.1, -0.05) is 6.04 Å². The molecular weight excluding hydrogens is 106 g/mol. The molecule has 0 aliphatic carbocycles. The lowest BCUT2D eigenvalue weighted by Gasteiger charge is -1.90. The monoisotopic (exact) mass is 117 g/mol. The highest BCUT2D eigenvalue weighted by atomic mass is 28.1. The Morgan fingerprint density at radius 1 is 1.71 bits per heavy atom. The van der Waals surface area contributed by atoms with E-state index < -0.39 is 0 Å². The summed E-state index contributed by atoms with van der Waals surface area (Å²) >= 11 is 0. The maximum absolute atomic E-state index is 9.58. The van der Waals surface area contributed by atoms with E-state index in [0.29, 0.717) is 0 Å². The van der Waals surface area contributed by atoms with Crippen molar-refractivity contribution in [2.24, 2.45) is 0 Å². The number of carbonyl (C=O) groups is 1. The van der Waals surface area contributed by atoms with Crippen LogP contribution in [0.4, 0.5) is 0 Å². The normalized spacial score (nSPS) is 8.57. The van der Waals surface area contributed by atoms with E-state index >= 15 is 0 Å². The Labute approximate surface area is 46.7 Å². The molecule has 0 aromatic heterocycles. The molecule has 42 valence electrons. The number of rotatable bonds is 4. The molecule has 0 unspecified atom stereocenters. The lowest BCUT2D eigenvalue weighted by atomic mass is 10.5. The third-order valence-electron chi connectivity index (χ3n) is 0.758. The van der Waals surface area contributed by atoms with Gasteiger partial charge in [-0.15, -0.1) is 0 Å². The number of hydrogen-bond donors (Lipinski definition) is 1. The molecule has 1 amide bonds. The number of amides is 1. The molecule has 0 aromatic carbocycles. The summed E-state index contributed by atoms with van der Waals surface area (Å²) in [4.78, 5) is 9.58. The van der Waals surface area contributed by atoms with Crippen molar-refractivity contribution >= 4 is 16.7 Å². The van der Waals surface area contributed by atoms with Gasteiger partial charge in [0.25, 0.3) is 0 Å². The fourth-order valence-corrected chi connectivity index (χ4v) is 0.691. The minimum Gasteiger partial charge on any atom is -0.359 e. The smallest absolute Gasteiger partial charge is 0.207 e. The lowest BCUT2D eigenvalue weighted by Crippen LogP contribution is -2.11. The zero-order chi connectivity index (χ0) is 5.54. The fourth-order valence-electron chi connectivity index (χ4n) is 0.338. The molecule has 0 rings (SSSR count). The van der Waals surface area contributed by atoms with Crippen molar-refractivity contribution in [3.8, 4) is 0 Å². The predicted octanol–water partition coefficient (Wildman–Crippen LogP) is -1.09. The largest absolute Gasteiger partial charge is 0.359 e. The second-order valence-corrected chi connectivity index (χ2v) is 2.43. The van der Waals surface area contributed by atoms with Gasteiger partial charge in [0.1, 0.15) is 0 Å². The maximum atomic E-state index is 9.58. The Kier molecular flexibility index (Phi) is 5.43. The molecule has 1 N–H and O–H groups in total. The molecule has 0 aliphatic heterocycles. The van der Waals surface area contributed by atoms with Crippen molar-refractivity contribution in [2.45, 2.75) is 12.5 Å². The molecule has 0 fully saturated rings. The summed E-state index contributed by atoms with van der Waals surface area (Å²) in [6.45, 7) is 0.854. The summed E-state index contributed by atoms with van der Waals surface area (Å²) in [6, 6.07) is 1.28. The van der Waals surface area contributed by atoms with Gasteiger partial charge in [0.2, 0.25) is 6.41 Å². The fraction of sp³-hybridized carbons (Fsp3) is 0.750. The van der Waals surface area contributed by atoms with Gasteiger partial charge in [-0.05, 0) is 6.42 Å². The van der Waals surface area contributed by atoms with Crippen LogP contribution in [0.15, 0.2) is 0 Å². The minimum atomic E-state index is 0.747. The summed E-state index contributed by atoms with van der Waals surface area (Å²) in [5, 5.41) is 2.59. The van der Waals surface area contributed by atoms with Gasteiger partial charge < -0.3 is 5.32 Å². The molecule has 0 spiro atoms. The second-order valence-electron chi connectivity index (χ2n) is 1.43. The van der Waals surface area contributed by atoms with E-state index in [1.165, 1.54) is 16.3 Å². The van der Waals surface area contributed by atoms with E-state index in [1.54, 1.807) is 0 Å². The predicted molar refractivity (Wildman–Crippen MR) is 33.4 cm³/mol. The Morgan fingerprint density at radius 3 is 2.86 bits per heavy atom. The average molecular weight is 117 g/mol. The van der Waals surface area contributed by atoms with E-state index in [1.807, 2.05) is 0 Å². The van der Waals surface area contributed by atoms with Gasteiger partial charge in [0, 0.05) is 16.8 Å². The standard InChI is InChI=1S/C4H11NOSi/c6-4-5-2-1-3-7/h4H,1-3H2,7H3,(H,5,6). The van der Waals surface area contributed by atoms with Crippen molar-refractivity contribution in [1.29, 1.82) is 0 Å². The first kappa shape index (κ1) is 6.69. The Bertz CT molecular complexity index is 49.0. The van der Waals surface area contributed by atoms with E-state index in [2.05, 4.69) is 5.32 Å². The van der Waals surface area contributed by atoms with Crippen LogP contribution in [0.25, 0.3) is 0 Å². The van der Waals surface area contributed by atoms with Gasteiger partial charge in [-0.3, -0.25) is 4.79 Å². The number of nitrogens with one attached hydrogen (secondary N) is 1. The molecule has 0 saturated heterocycles. The van der Waals surface area contributed by atoms with Crippen molar-refractivity contribution in [1.82, 2.24) is 5.32 Å². The highest BCUT2D eigenvalue weighted by Gasteiger charge is 1.76. The maximum Gasteiger partial charge on any atom is 0.207 e. The highest BCUT2D eigenvalue weighted by Crippen LogP contribution is 1.76. The quantitative estimate of drug-likeness (QED) is 0.283. The van der Waals surface area contributed by atoms with Crippen LogP contribution in [-0.2, 0) is 4.79 Å². The molecule has 0 radical (unpaired) electrons. The summed E-state index contributed by atoms with van der Waals surface area (Å²) in [7, 11) is 1.25. The average Bonchev–Trinajstić information content (AvgIpc) is 1.69. The van der Waals surface area contributed by atoms with Crippen LogP contribution >= 0.6 is 0 Å². The van der Waals surface area contributed by atoms with Gasteiger partial charge in [-0.2, -0.15) is 0 Å². The molecule has 0 atom stereocenters. The van der Waals surface area contributed by atoms with Crippen LogP contribution in [0.3, 0.4) is 0 Å². The van der Waals surface area contributed by atoms with Crippen LogP contribution in [-0.4, -0.2) is 23.2 Å². The van der Waals surface area contributed by atoms with Gasteiger partial charge in [0.15, 0.2) is 0 Å². The molecule has 0 heterocycles. The molecule has 2 nitrogen and oxygen atoms in total. The molecule has 3 heteroatoms. The molecule has 0 saturated carbocycles. The summed E-state index contributed by atoms with van der Waals surface area (Å²) in [5.41, 5.74) is 0. The topological polar surface area (TPSA) is 29.1 Å². The molecule has 0 aliphatic rings. The zero-order valence-electron chi connectivity index (χ0n) is 4.61. The summed E-state index contributed by atoms with van der Waals surface area (Å²) < 4.78 is 0. The molecule has 7 heavy (non-hydrogen) atoms. The SMILES string of the molecule is O=CNCCC[SiH3]. The minimum absolute atomic E-state index is 0.747. The first-order chi connectivity index (χ1) is 3.41. The van der Waals surface area contributed by atoms with E-state index in [4.69, 9.17) is 0 Å². The van der Waals surface area contributed by atoms with Gasteiger partial charge in [0.05, 0.1) is 0 Å². The van der Waals surface area contributed by atoms with E-state index in [-0.39, 0.29) is 0 Å². The van der Waals surface area contributed by atoms with Crippen molar-refractivity contribution in [2.75, 3.05) is 6.54 Å². The van der Waals surface area contributed by atoms with Crippen LogP contribution in [0.5, 0.6) is 0 Å². The first-order valence-corrected chi connectivity index (χ1v) is 4.00. The zero-order valence-corrected chi connectivity index (χ0v) is 6.61. The summed E-state index contributed by atoms with van der Waals surface area (Å²) in [6.07, 6.45) is 1.89. The van der Waals surface area contributed by atoms with Crippen molar-refractivity contribution in [3.63, 3.8) is 0 Å². The molecule has 0 bridgehead atoms. The van der Waals surface area contributed by atoms with Crippen LogP contribution in [0, 0.1) is 0 Å². The molecule has 0 aromatic rings. The Hall–Kier alpha value is -0.313. The molecular formula is C4H11NOSi. The first-order valence-electron chi connectivity index (χ1n) is 2.59. The van der Waals surface area contributed by atoms with Crippen LogP contribution < -0.4 is 5.32 Å². The van der Waals surface area contributed by atoms with Crippen molar-refractivity contribution in [3.05, 3.63) is 0 Å². The Balaban J connectivity index is 2.56. The lowest BCUT2D eigenvalue weighted by molar-refractivity contribution is -0.109. The second kappa shape index (κ2) is 5.69. The summed E-state index contributed by atoms with van der Waals surface area (Å²) in [5.74, 6) is 0. The van der Waals surface area contributed by atoms with Crippen LogP contribution in [0.2, 0.25) is 6.04 Å². The van der Waals surface area contributed by atoms with Gasteiger partial charge in [-0.25, -0.2) is 0 Å². The van der Waals surface area contributed by atoms with Crippen molar-refractivity contribution < 1.29 is 4.79 Å². The Morgan fingerprint density at radius 2 is 2.43 bits per heavy atom. The van der Waals surface area contributed by atoms with Gasteiger partial charge >= 0.3 is 0 Å². The third kappa shape index (κ3) is 5.69.